The normalized spacial score (nSPS) is 20.0. The van der Waals surface area contributed by atoms with Gasteiger partial charge in [-0.15, -0.1) is 0 Å². The Morgan fingerprint density at radius 1 is 1.38 bits per heavy atom. The molecule has 1 aromatic carbocycles. The van der Waals surface area contributed by atoms with E-state index in [1.807, 2.05) is 13.8 Å². The van der Waals surface area contributed by atoms with Gasteiger partial charge in [0.25, 0.3) is 11.6 Å². The molecule has 1 heterocycles. The largest absolute Gasteiger partial charge is 0.478 e. The number of hydrogen-bond donors (Lipinski definition) is 0. The molecule has 1 saturated carbocycles. The van der Waals surface area contributed by atoms with Crippen molar-refractivity contribution in [2.24, 2.45) is 5.92 Å². The van der Waals surface area contributed by atoms with Crippen LogP contribution in [0.1, 0.15) is 39.5 Å². The van der Waals surface area contributed by atoms with E-state index in [4.69, 9.17) is 9.47 Å². The second kappa shape index (κ2) is 7.31. The van der Waals surface area contributed by atoms with Crippen molar-refractivity contribution in [3.8, 4) is 5.75 Å². The lowest BCUT2D eigenvalue weighted by Crippen LogP contribution is -2.50. The van der Waals surface area contributed by atoms with Crippen LogP contribution in [0.4, 0.5) is 11.4 Å². The zero-order chi connectivity index (χ0) is 18.8. The summed E-state index contributed by atoms with van der Waals surface area (Å²) in [6, 6.07) is 4.01. The molecule has 0 radical (unpaired) electrons. The summed E-state index contributed by atoms with van der Waals surface area (Å²) < 4.78 is 11.1. The molecule has 0 aromatic heterocycles. The minimum Gasteiger partial charge on any atom is -0.478 e. The first kappa shape index (κ1) is 18.2. The van der Waals surface area contributed by atoms with E-state index >= 15 is 0 Å². The van der Waals surface area contributed by atoms with E-state index in [1.54, 1.807) is 0 Å². The lowest BCUT2D eigenvalue weighted by atomic mass is 10.0. The number of nitrogens with zero attached hydrogens (tertiary/aromatic N) is 2. The predicted octanol–water partition coefficient (Wildman–Crippen LogP) is 2.83. The second-order valence-electron chi connectivity index (χ2n) is 7.01. The first-order chi connectivity index (χ1) is 12.4. The number of nitro groups is 1. The van der Waals surface area contributed by atoms with Gasteiger partial charge in [-0.25, -0.2) is 0 Å². The summed E-state index contributed by atoms with van der Waals surface area (Å²) in [5, 5.41) is 11.0. The monoisotopic (exact) mass is 362 g/mol. The molecule has 0 N–H and O–H groups in total. The fourth-order valence-corrected chi connectivity index (χ4v) is 3.34. The van der Waals surface area contributed by atoms with E-state index in [-0.39, 0.29) is 35.9 Å². The number of ether oxygens (including phenoxy) is 2. The number of esters is 1. The Morgan fingerprint density at radius 3 is 2.69 bits per heavy atom. The second-order valence-corrected chi connectivity index (χ2v) is 7.01. The molecule has 1 aliphatic heterocycles. The van der Waals surface area contributed by atoms with Crippen molar-refractivity contribution in [3.05, 3.63) is 28.3 Å². The number of amides is 1. The Hall–Kier alpha value is -2.64. The molecule has 1 aliphatic carbocycles. The number of anilines is 1. The van der Waals surface area contributed by atoms with Crippen LogP contribution in [0, 0.1) is 16.0 Å². The van der Waals surface area contributed by atoms with Gasteiger partial charge in [0.1, 0.15) is 12.6 Å². The predicted molar refractivity (Wildman–Crippen MR) is 93.1 cm³/mol. The number of carbonyl (C=O) groups excluding carboxylic acids is 2. The highest BCUT2D eigenvalue weighted by atomic mass is 16.6. The highest BCUT2D eigenvalue weighted by Crippen LogP contribution is 2.38. The minimum atomic E-state index is -0.802. The fraction of sp³-hybridized carbons (Fsp3) is 0.556. The summed E-state index contributed by atoms with van der Waals surface area (Å²) in [5.41, 5.74) is 0.218. The molecule has 2 aliphatic rings. The Labute approximate surface area is 151 Å². The first-order valence-electron chi connectivity index (χ1n) is 8.82. The molecule has 26 heavy (non-hydrogen) atoms. The van der Waals surface area contributed by atoms with E-state index in [0.717, 1.165) is 25.7 Å². The molecular weight excluding hydrogens is 340 g/mol. The first-order valence-corrected chi connectivity index (χ1v) is 8.82. The molecule has 1 aromatic rings. The SMILES string of the molecule is CC(C)C1Oc2cc([N+](=O)[O-])ccc2N(CC(=O)OC2CCCC2)C1=O. The smallest absolute Gasteiger partial charge is 0.326 e. The van der Waals surface area contributed by atoms with Crippen LogP contribution in [0.5, 0.6) is 5.75 Å². The van der Waals surface area contributed by atoms with Gasteiger partial charge in [0.05, 0.1) is 16.7 Å². The Balaban J connectivity index is 1.85. The molecular formula is C18H22N2O6. The molecule has 0 saturated heterocycles. The van der Waals surface area contributed by atoms with Gasteiger partial charge in [0.2, 0.25) is 0 Å². The topological polar surface area (TPSA) is 99.0 Å². The maximum absolute atomic E-state index is 12.8. The number of fused-ring (bicyclic) bond motifs is 1. The third-order valence-electron chi connectivity index (χ3n) is 4.70. The molecule has 8 heteroatoms. The number of carbonyl (C=O) groups is 2. The van der Waals surface area contributed by atoms with Crippen molar-refractivity contribution in [1.29, 1.82) is 0 Å². The third kappa shape index (κ3) is 3.63. The zero-order valence-electron chi connectivity index (χ0n) is 14.8. The van der Waals surface area contributed by atoms with Crippen LogP contribution in [-0.4, -0.2) is 35.6 Å². The minimum absolute atomic E-state index is 0.0872. The molecule has 140 valence electrons. The van der Waals surface area contributed by atoms with E-state index in [2.05, 4.69) is 0 Å². The van der Waals surface area contributed by atoms with Crippen molar-refractivity contribution in [2.45, 2.75) is 51.7 Å². The molecule has 3 rings (SSSR count). The van der Waals surface area contributed by atoms with Crippen LogP contribution in [0.2, 0.25) is 0 Å². The van der Waals surface area contributed by atoms with Crippen LogP contribution in [0.15, 0.2) is 18.2 Å². The average molecular weight is 362 g/mol. The summed E-state index contributed by atoms with van der Waals surface area (Å²) in [5.74, 6) is -0.738. The highest BCUT2D eigenvalue weighted by molar-refractivity contribution is 6.03. The molecule has 0 spiro atoms. The number of hydrogen-bond acceptors (Lipinski definition) is 6. The van der Waals surface area contributed by atoms with Gasteiger partial charge in [-0.3, -0.25) is 24.6 Å². The van der Waals surface area contributed by atoms with Crippen molar-refractivity contribution in [1.82, 2.24) is 0 Å². The van der Waals surface area contributed by atoms with Gasteiger partial charge in [-0.05, 0) is 37.7 Å². The maximum Gasteiger partial charge on any atom is 0.326 e. The lowest BCUT2D eigenvalue weighted by molar-refractivity contribution is -0.384. The molecule has 1 amide bonds. The van der Waals surface area contributed by atoms with Crippen molar-refractivity contribution in [3.63, 3.8) is 0 Å². The lowest BCUT2D eigenvalue weighted by Gasteiger charge is -2.35. The summed E-state index contributed by atoms with van der Waals surface area (Å²) in [6.45, 7) is 3.41. The summed E-state index contributed by atoms with van der Waals surface area (Å²) in [4.78, 5) is 36.9. The Bertz CT molecular complexity index is 726. The van der Waals surface area contributed by atoms with Gasteiger partial charge >= 0.3 is 5.97 Å². The van der Waals surface area contributed by atoms with Gasteiger partial charge in [-0.2, -0.15) is 0 Å². The zero-order valence-corrected chi connectivity index (χ0v) is 14.8. The fourth-order valence-electron chi connectivity index (χ4n) is 3.34. The van der Waals surface area contributed by atoms with Crippen molar-refractivity contribution >= 4 is 23.3 Å². The van der Waals surface area contributed by atoms with Crippen LogP contribution in [-0.2, 0) is 14.3 Å². The summed E-state index contributed by atoms with van der Waals surface area (Å²) in [7, 11) is 0. The Kier molecular flexibility index (Phi) is 5.11. The van der Waals surface area contributed by atoms with E-state index in [1.165, 1.54) is 23.1 Å². The number of nitro benzene ring substituents is 1. The van der Waals surface area contributed by atoms with Gasteiger partial charge in [0, 0.05) is 6.07 Å². The summed E-state index contributed by atoms with van der Waals surface area (Å²) >= 11 is 0. The molecule has 0 bridgehead atoms. The van der Waals surface area contributed by atoms with E-state index < -0.39 is 17.0 Å². The van der Waals surface area contributed by atoms with E-state index in [0.29, 0.717) is 5.69 Å². The average Bonchev–Trinajstić information content (AvgIpc) is 3.09. The van der Waals surface area contributed by atoms with Crippen molar-refractivity contribution in [2.75, 3.05) is 11.4 Å². The van der Waals surface area contributed by atoms with Crippen LogP contribution >= 0.6 is 0 Å². The third-order valence-corrected chi connectivity index (χ3v) is 4.70. The maximum atomic E-state index is 12.8. The molecule has 1 unspecified atom stereocenters. The van der Waals surface area contributed by atoms with E-state index in [9.17, 15) is 19.7 Å². The number of rotatable bonds is 5. The summed E-state index contributed by atoms with van der Waals surface area (Å²) in [6.07, 6.45) is 2.88. The van der Waals surface area contributed by atoms with Gasteiger partial charge < -0.3 is 9.47 Å². The number of non-ortho nitro benzene ring substituents is 1. The van der Waals surface area contributed by atoms with Crippen LogP contribution in [0.25, 0.3) is 0 Å². The quantitative estimate of drug-likeness (QED) is 0.454. The van der Waals surface area contributed by atoms with Crippen LogP contribution < -0.4 is 9.64 Å². The highest BCUT2D eigenvalue weighted by Gasteiger charge is 2.38. The van der Waals surface area contributed by atoms with Gasteiger partial charge in [0.15, 0.2) is 11.9 Å². The molecule has 1 atom stereocenters. The number of benzene rings is 1. The van der Waals surface area contributed by atoms with Crippen LogP contribution in [0.3, 0.4) is 0 Å². The molecule has 1 fully saturated rings. The molecule has 8 nitrogen and oxygen atoms in total. The van der Waals surface area contributed by atoms with Gasteiger partial charge in [-0.1, -0.05) is 13.8 Å². The van der Waals surface area contributed by atoms with Crippen molar-refractivity contribution < 1.29 is 24.0 Å². The standard InChI is InChI=1S/C18H22N2O6/c1-11(2)17-18(22)19(10-16(21)25-13-5-3-4-6-13)14-8-7-12(20(23)24)9-15(14)26-17/h7-9,11,13,17H,3-6,10H2,1-2H3. The Morgan fingerprint density at radius 2 is 2.08 bits per heavy atom.